The zero-order valence-corrected chi connectivity index (χ0v) is 12.8. The number of aryl methyl sites for hydroxylation is 1. The highest BCUT2D eigenvalue weighted by Gasteiger charge is 2.26. The van der Waals surface area contributed by atoms with Gasteiger partial charge in [-0.05, 0) is 49.8 Å². The number of piperidine rings is 1. The lowest BCUT2D eigenvalue weighted by molar-refractivity contribution is -0.137. The summed E-state index contributed by atoms with van der Waals surface area (Å²) >= 11 is 0. The summed E-state index contributed by atoms with van der Waals surface area (Å²) in [6, 6.07) is 8.31. The molecule has 1 amide bonds. The molecule has 0 aliphatic carbocycles. The Morgan fingerprint density at radius 3 is 2.60 bits per heavy atom. The van der Waals surface area contributed by atoms with Gasteiger partial charge in [-0.2, -0.15) is 0 Å². The van der Waals surface area contributed by atoms with E-state index >= 15 is 0 Å². The van der Waals surface area contributed by atoms with Crippen molar-refractivity contribution in [3.05, 3.63) is 29.8 Å². The van der Waals surface area contributed by atoms with E-state index in [0.717, 1.165) is 25.1 Å². The van der Waals surface area contributed by atoms with Crippen LogP contribution in [-0.4, -0.2) is 30.0 Å². The van der Waals surface area contributed by atoms with Gasteiger partial charge in [0.1, 0.15) is 5.75 Å². The maximum atomic E-state index is 12.3. The molecular weight excluding hydrogens is 250 g/mol. The first-order valence-electron chi connectivity index (χ1n) is 7.61. The molecule has 2 rings (SSSR count). The van der Waals surface area contributed by atoms with E-state index in [9.17, 15) is 4.79 Å². The molecule has 3 heteroatoms. The third-order valence-electron chi connectivity index (χ3n) is 4.13. The molecule has 1 aliphatic heterocycles. The summed E-state index contributed by atoms with van der Waals surface area (Å²) in [6.07, 6.45) is 3.32. The number of carbonyl (C=O) groups excluding carboxylic acids is 1. The van der Waals surface area contributed by atoms with Gasteiger partial charge >= 0.3 is 0 Å². The molecule has 3 nitrogen and oxygen atoms in total. The topological polar surface area (TPSA) is 29.5 Å². The predicted octanol–water partition coefficient (Wildman–Crippen LogP) is 3.27. The second-order valence-corrected chi connectivity index (χ2v) is 5.86. The molecule has 2 atom stereocenters. The molecule has 0 spiro atoms. The van der Waals surface area contributed by atoms with Gasteiger partial charge in [0.15, 0.2) is 6.61 Å². The first-order valence-corrected chi connectivity index (χ1v) is 7.61. The number of hydrogen-bond acceptors (Lipinski definition) is 2. The number of ether oxygens (including phenoxy) is 1. The summed E-state index contributed by atoms with van der Waals surface area (Å²) in [6.45, 7) is 7.45. The molecular formula is C17H25NO2. The minimum Gasteiger partial charge on any atom is -0.484 e. The summed E-state index contributed by atoms with van der Waals surface area (Å²) in [5.74, 6) is 1.47. The largest absolute Gasteiger partial charge is 0.484 e. The SMILES string of the molecule is CCc1ccc(OCC(=O)N2C[C@@H](C)CC[C@H]2C)cc1. The fourth-order valence-electron chi connectivity index (χ4n) is 2.69. The standard InChI is InChI=1S/C17H25NO2/c1-4-15-7-9-16(10-8-15)20-12-17(19)18-11-13(2)5-6-14(18)3/h7-10,13-14H,4-6,11-12H2,1-3H3/t13-,14+/m0/s1. The van der Waals surface area contributed by atoms with E-state index in [1.54, 1.807) is 0 Å². The highest BCUT2D eigenvalue weighted by molar-refractivity contribution is 5.78. The van der Waals surface area contributed by atoms with Crippen molar-refractivity contribution in [3.8, 4) is 5.75 Å². The van der Waals surface area contributed by atoms with Crippen LogP contribution in [0.3, 0.4) is 0 Å². The van der Waals surface area contributed by atoms with Crippen LogP contribution < -0.4 is 4.74 Å². The number of amides is 1. The van der Waals surface area contributed by atoms with E-state index < -0.39 is 0 Å². The number of hydrogen-bond donors (Lipinski definition) is 0. The summed E-state index contributed by atoms with van der Waals surface area (Å²) in [7, 11) is 0. The van der Waals surface area contributed by atoms with E-state index in [1.165, 1.54) is 12.0 Å². The molecule has 0 saturated carbocycles. The van der Waals surface area contributed by atoms with Crippen molar-refractivity contribution >= 4 is 5.91 Å². The van der Waals surface area contributed by atoms with Gasteiger partial charge < -0.3 is 9.64 Å². The average Bonchev–Trinajstić information content (AvgIpc) is 2.47. The molecule has 1 aromatic rings. The van der Waals surface area contributed by atoms with Gasteiger partial charge in [-0.1, -0.05) is 26.0 Å². The lowest BCUT2D eigenvalue weighted by Crippen LogP contribution is -2.46. The van der Waals surface area contributed by atoms with Crippen LogP contribution in [0, 0.1) is 5.92 Å². The Hall–Kier alpha value is -1.51. The first kappa shape index (κ1) is 14.9. The fraction of sp³-hybridized carbons (Fsp3) is 0.588. The smallest absolute Gasteiger partial charge is 0.260 e. The lowest BCUT2D eigenvalue weighted by atomic mass is 9.95. The lowest BCUT2D eigenvalue weighted by Gasteiger charge is -2.36. The van der Waals surface area contributed by atoms with Gasteiger partial charge in [0.05, 0.1) is 0 Å². The highest BCUT2D eigenvalue weighted by atomic mass is 16.5. The maximum absolute atomic E-state index is 12.3. The number of carbonyl (C=O) groups is 1. The van der Waals surface area contributed by atoms with Crippen molar-refractivity contribution in [3.63, 3.8) is 0 Å². The molecule has 0 radical (unpaired) electrons. The van der Waals surface area contributed by atoms with E-state index in [4.69, 9.17) is 4.74 Å². The molecule has 0 N–H and O–H groups in total. The van der Waals surface area contributed by atoms with Crippen molar-refractivity contribution in [1.29, 1.82) is 0 Å². The minimum absolute atomic E-state index is 0.101. The van der Waals surface area contributed by atoms with E-state index in [0.29, 0.717) is 12.0 Å². The van der Waals surface area contributed by atoms with Gasteiger partial charge in [0.2, 0.25) is 0 Å². The Morgan fingerprint density at radius 1 is 1.25 bits per heavy atom. The summed E-state index contributed by atoms with van der Waals surface area (Å²) in [5, 5.41) is 0. The second kappa shape index (κ2) is 6.78. The van der Waals surface area contributed by atoms with E-state index in [-0.39, 0.29) is 12.5 Å². The molecule has 0 aromatic heterocycles. The van der Waals surface area contributed by atoms with Crippen molar-refractivity contribution in [2.24, 2.45) is 5.92 Å². The van der Waals surface area contributed by atoms with Crippen LogP contribution in [0.15, 0.2) is 24.3 Å². The minimum atomic E-state index is 0.101. The van der Waals surface area contributed by atoms with Crippen LogP contribution in [0.5, 0.6) is 5.75 Å². The van der Waals surface area contributed by atoms with Gasteiger partial charge in [-0.15, -0.1) is 0 Å². The summed E-state index contributed by atoms with van der Waals surface area (Å²) in [5.41, 5.74) is 1.28. The normalized spacial score (nSPS) is 22.6. The van der Waals surface area contributed by atoms with Crippen molar-refractivity contribution < 1.29 is 9.53 Å². The monoisotopic (exact) mass is 275 g/mol. The summed E-state index contributed by atoms with van der Waals surface area (Å²) < 4.78 is 5.61. The van der Waals surface area contributed by atoms with Gasteiger partial charge in [-0.25, -0.2) is 0 Å². The van der Waals surface area contributed by atoms with Crippen LogP contribution in [0.4, 0.5) is 0 Å². The fourth-order valence-corrected chi connectivity index (χ4v) is 2.69. The van der Waals surface area contributed by atoms with Gasteiger partial charge in [-0.3, -0.25) is 4.79 Å². The van der Waals surface area contributed by atoms with Crippen molar-refractivity contribution in [2.75, 3.05) is 13.2 Å². The van der Waals surface area contributed by atoms with Crippen LogP contribution >= 0.6 is 0 Å². The van der Waals surface area contributed by atoms with E-state index in [2.05, 4.69) is 20.8 Å². The zero-order valence-electron chi connectivity index (χ0n) is 12.8. The maximum Gasteiger partial charge on any atom is 0.260 e. The number of likely N-dealkylation sites (tertiary alicyclic amines) is 1. The first-order chi connectivity index (χ1) is 9.60. The quantitative estimate of drug-likeness (QED) is 0.844. The Bertz CT molecular complexity index is 441. The molecule has 20 heavy (non-hydrogen) atoms. The molecule has 1 aliphatic rings. The number of benzene rings is 1. The highest BCUT2D eigenvalue weighted by Crippen LogP contribution is 2.21. The number of rotatable bonds is 4. The van der Waals surface area contributed by atoms with Gasteiger partial charge in [0, 0.05) is 12.6 Å². The average molecular weight is 275 g/mol. The van der Waals surface area contributed by atoms with Crippen LogP contribution in [0.2, 0.25) is 0 Å². The van der Waals surface area contributed by atoms with Crippen molar-refractivity contribution in [2.45, 2.75) is 46.1 Å². The predicted molar refractivity (Wildman–Crippen MR) is 80.9 cm³/mol. The van der Waals surface area contributed by atoms with E-state index in [1.807, 2.05) is 29.2 Å². The zero-order chi connectivity index (χ0) is 14.5. The third kappa shape index (κ3) is 3.75. The molecule has 1 saturated heterocycles. The molecule has 1 heterocycles. The Labute approximate surface area is 121 Å². The Morgan fingerprint density at radius 2 is 1.95 bits per heavy atom. The number of nitrogens with zero attached hydrogens (tertiary/aromatic N) is 1. The molecule has 1 fully saturated rings. The Balaban J connectivity index is 1.87. The molecule has 1 aromatic carbocycles. The molecule has 0 bridgehead atoms. The molecule has 0 unspecified atom stereocenters. The third-order valence-corrected chi connectivity index (χ3v) is 4.13. The summed E-state index contributed by atoms with van der Waals surface area (Å²) in [4.78, 5) is 14.2. The van der Waals surface area contributed by atoms with Crippen molar-refractivity contribution in [1.82, 2.24) is 4.90 Å². The van der Waals surface area contributed by atoms with Crippen LogP contribution in [0.25, 0.3) is 0 Å². The van der Waals surface area contributed by atoms with Crippen LogP contribution in [-0.2, 0) is 11.2 Å². The van der Waals surface area contributed by atoms with Crippen LogP contribution in [0.1, 0.15) is 39.2 Å². The Kier molecular flexibility index (Phi) is 5.05. The second-order valence-electron chi connectivity index (χ2n) is 5.86. The molecule has 110 valence electrons. The van der Waals surface area contributed by atoms with Gasteiger partial charge in [0.25, 0.3) is 5.91 Å².